The van der Waals surface area contributed by atoms with Crippen LogP contribution in [0.2, 0.25) is 0 Å². The van der Waals surface area contributed by atoms with Gasteiger partial charge in [-0.1, -0.05) is 15.9 Å². The average Bonchev–Trinajstić information content (AvgIpc) is 2.99. The van der Waals surface area contributed by atoms with Crippen LogP contribution in [0, 0.1) is 0 Å². The molecule has 3 rings (SSSR count). The van der Waals surface area contributed by atoms with Crippen molar-refractivity contribution >= 4 is 15.9 Å². The van der Waals surface area contributed by atoms with Crippen LogP contribution in [0.4, 0.5) is 0 Å². The maximum absolute atomic E-state index is 8.96. The lowest BCUT2D eigenvalue weighted by Gasteiger charge is -2.33. The van der Waals surface area contributed by atoms with Crippen LogP contribution in [-0.2, 0) is 6.54 Å². The molecule has 0 radical (unpaired) electrons. The molecule has 22 heavy (non-hydrogen) atoms. The average molecular weight is 367 g/mol. The number of aliphatic hydroxyl groups is 1. The summed E-state index contributed by atoms with van der Waals surface area (Å²) in [4.78, 5) is 4.56. The SMILES string of the molecule is OCCN1CCN(Cc2nnc(-c3ccc(Br)cc3)o2)CC1. The summed E-state index contributed by atoms with van der Waals surface area (Å²) >= 11 is 3.41. The van der Waals surface area contributed by atoms with Crippen LogP contribution in [-0.4, -0.2) is 64.4 Å². The van der Waals surface area contributed by atoms with E-state index in [4.69, 9.17) is 9.52 Å². The van der Waals surface area contributed by atoms with Gasteiger partial charge in [0.05, 0.1) is 13.2 Å². The predicted octanol–water partition coefficient (Wildman–Crippen LogP) is 1.61. The first-order valence-electron chi connectivity index (χ1n) is 7.38. The molecule has 2 aromatic rings. The van der Waals surface area contributed by atoms with Crippen molar-refractivity contribution in [3.05, 3.63) is 34.6 Å². The maximum Gasteiger partial charge on any atom is 0.247 e. The van der Waals surface area contributed by atoms with Gasteiger partial charge in [-0.2, -0.15) is 0 Å². The van der Waals surface area contributed by atoms with Crippen LogP contribution in [0.5, 0.6) is 0 Å². The van der Waals surface area contributed by atoms with Gasteiger partial charge in [0.15, 0.2) is 0 Å². The minimum atomic E-state index is 0.222. The molecule has 1 aliphatic heterocycles. The third kappa shape index (κ3) is 3.92. The first kappa shape index (κ1) is 15.6. The third-order valence-corrected chi connectivity index (χ3v) is 4.33. The lowest BCUT2D eigenvalue weighted by Crippen LogP contribution is -2.46. The van der Waals surface area contributed by atoms with E-state index in [1.54, 1.807) is 0 Å². The lowest BCUT2D eigenvalue weighted by atomic mass is 10.2. The molecule has 0 bridgehead atoms. The molecule has 2 heterocycles. The summed E-state index contributed by atoms with van der Waals surface area (Å²) in [7, 11) is 0. The van der Waals surface area contributed by atoms with Crippen LogP contribution in [0.15, 0.2) is 33.2 Å². The Morgan fingerprint density at radius 2 is 1.73 bits per heavy atom. The van der Waals surface area contributed by atoms with Crippen molar-refractivity contribution < 1.29 is 9.52 Å². The second-order valence-corrected chi connectivity index (χ2v) is 6.26. The highest BCUT2D eigenvalue weighted by atomic mass is 79.9. The molecule has 7 heteroatoms. The molecule has 0 atom stereocenters. The van der Waals surface area contributed by atoms with Gasteiger partial charge < -0.3 is 9.52 Å². The topological polar surface area (TPSA) is 65.6 Å². The van der Waals surface area contributed by atoms with Gasteiger partial charge in [-0.05, 0) is 24.3 Å². The highest BCUT2D eigenvalue weighted by Gasteiger charge is 2.18. The highest BCUT2D eigenvalue weighted by Crippen LogP contribution is 2.21. The zero-order valence-electron chi connectivity index (χ0n) is 12.3. The molecule has 1 aliphatic rings. The number of halogens is 1. The van der Waals surface area contributed by atoms with E-state index in [0.29, 0.717) is 18.3 Å². The van der Waals surface area contributed by atoms with Gasteiger partial charge in [0.1, 0.15) is 0 Å². The summed E-state index contributed by atoms with van der Waals surface area (Å²) in [6.45, 7) is 5.49. The summed E-state index contributed by atoms with van der Waals surface area (Å²) < 4.78 is 6.78. The molecule has 1 fully saturated rings. The number of aromatic nitrogens is 2. The Bertz CT molecular complexity index is 594. The van der Waals surface area contributed by atoms with Crippen LogP contribution in [0.3, 0.4) is 0 Å². The van der Waals surface area contributed by atoms with Gasteiger partial charge in [-0.15, -0.1) is 10.2 Å². The fourth-order valence-corrected chi connectivity index (χ4v) is 2.79. The van der Waals surface area contributed by atoms with Crippen LogP contribution in [0.1, 0.15) is 5.89 Å². The van der Waals surface area contributed by atoms with E-state index < -0.39 is 0 Å². The van der Waals surface area contributed by atoms with E-state index in [1.807, 2.05) is 24.3 Å². The summed E-state index contributed by atoms with van der Waals surface area (Å²) in [5.74, 6) is 1.20. The summed E-state index contributed by atoms with van der Waals surface area (Å²) in [5.41, 5.74) is 0.926. The fourth-order valence-electron chi connectivity index (χ4n) is 2.53. The van der Waals surface area contributed by atoms with Crippen molar-refractivity contribution in [2.24, 2.45) is 0 Å². The second kappa shape index (κ2) is 7.32. The van der Waals surface area contributed by atoms with Gasteiger partial charge in [0, 0.05) is 42.8 Å². The van der Waals surface area contributed by atoms with Gasteiger partial charge in [0.2, 0.25) is 11.8 Å². The largest absolute Gasteiger partial charge is 0.419 e. The van der Waals surface area contributed by atoms with Crippen LogP contribution in [0.25, 0.3) is 11.5 Å². The van der Waals surface area contributed by atoms with Crippen molar-refractivity contribution in [1.29, 1.82) is 0 Å². The predicted molar refractivity (Wildman–Crippen MR) is 86.2 cm³/mol. The fraction of sp³-hybridized carbons (Fsp3) is 0.467. The zero-order chi connectivity index (χ0) is 15.4. The molecule has 1 aromatic carbocycles. The van der Waals surface area contributed by atoms with E-state index in [2.05, 4.69) is 35.9 Å². The van der Waals surface area contributed by atoms with Crippen molar-refractivity contribution in [3.8, 4) is 11.5 Å². The minimum Gasteiger partial charge on any atom is -0.419 e. The molecule has 1 N–H and O–H groups in total. The molecule has 0 aliphatic carbocycles. The first-order valence-corrected chi connectivity index (χ1v) is 8.18. The highest BCUT2D eigenvalue weighted by molar-refractivity contribution is 9.10. The minimum absolute atomic E-state index is 0.222. The number of nitrogens with zero attached hydrogens (tertiary/aromatic N) is 4. The van der Waals surface area contributed by atoms with Crippen molar-refractivity contribution in [1.82, 2.24) is 20.0 Å². The Morgan fingerprint density at radius 1 is 1.05 bits per heavy atom. The molecule has 1 saturated heterocycles. The molecule has 1 aromatic heterocycles. The number of hydrogen-bond acceptors (Lipinski definition) is 6. The molecule has 118 valence electrons. The molecule has 6 nitrogen and oxygen atoms in total. The van der Waals surface area contributed by atoms with Crippen LogP contribution < -0.4 is 0 Å². The van der Waals surface area contributed by atoms with Gasteiger partial charge in [0.25, 0.3) is 0 Å². The van der Waals surface area contributed by atoms with E-state index in [0.717, 1.165) is 42.8 Å². The molecule has 0 spiro atoms. The Hall–Kier alpha value is -1.28. The number of rotatable bonds is 5. The summed E-state index contributed by atoms with van der Waals surface area (Å²) in [5, 5.41) is 17.2. The van der Waals surface area contributed by atoms with E-state index in [9.17, 15) is 0 Å². The quantitative estimate of drug-likeness (QED) is 0.866. The standard InChI is InChI=1S/C15H19BrN4O2/c16-13-3-1-12(2-4-13)15-18-17-14(22-15)11-20-7-5-19(6-8-20)9-10-21/h1-4,21H,5-11H2. The number of β-amino-alcohol motifs (C(OH)–C–C–N with tert-alkyl or cyclic N) is 1. The normalized spacial score (nSPS) is 17.0. The van der Waals surface area contributed by atoms with Crippen molar-refractivity contribution in [2.45, 2.75) is 6.54 Å². The Morgan fingerprint density at radius 3 is 2.41 bits per heavy atom. The van der Waals surface area contributed by atoms with Crippen molar-refractivity contribution in [3.63, 3.8) is 0 Å². The van der Waals surface area contributed by atoms with Gasteiger partial charge in [-0.25, -0.2) is 0 Å². The lowest BCUT2D eigenvalue weighted by molar-refractivity contribution is 0.103. The Kier molecular flexibility index (Phi) is 5.20. The summed E-state index contributed by atoms with van der Waals surface area (Å²) in [6.07, 6.45) is 0. The molecule has 0 amide bonds. The maximum atomic E-state index is 8.96. The van der Waals surface area contributed by atoms with E-state index >= 15 is 0 Å². The zero-order valence-corrected chi connectivity index (χ0v) is 13.9. The number of aliphatic hydroxyl groups excluding tert-OH is 1. The van der Waals surface area contributed by atoms with Crippen molar-refractivity contribution in [2.75, 3.05) is 39.3 Å². The van der Waals surface area contributed by atoms with E-state index in [-0.39, 0.29) is 6.61 Å². The van der Waals surface area contributed by atoms with E-state index in [1.165, 1.54) is 0 Å². The third-order valence-electron chi connectivity index (χ3n) is 3.80. The van der Waals surface area contributed by atoms with Gasteiger partial charge in [-0.3, -0.25) is 9.80 Å². The Labute approximate surface area is 137 Å². The molecule has 0 saturated carbocycles. The second-order valence-electron chi connectivity index (χ2n) is 5.35. The molecule has 0 unspecified atom stereocenters. The first-order chi connectivity index (χ1) is 10.7. The summed E-state index contributed by atoms with van der Waals surface area (Å²) in [6, 6.07) is 7.82. The number of benzene rings is 1. The monoisotopic (exact) mass is 366 g/mol. The van der Waals surface area contributed by atoms with Gasteiger partial charge >= 0.3 is 0 Å². The smallest absolute Gasteiger partial charge is 0.247 e. The number of piperazine rings is 1. The molecular weight excluding hydrogens is 348 g/mol. The molecular formula is C15H19BrN4O2. The van der Waals surface area contributed by atoms with Crippen LogP contribution >= 0.6 is 15.9 Å². The number of hydrogen-bond donors (Lipinski definition) is 1. The Balaban J connectivity index is 1.57.